The van der Waals surface area contributed by atoms with Crippen molar-refractivity contribution < 1.29 is 14.3 Å². The summed E-state index contributed by atoms with van der Waals surface area (Å²) < 4.78 is 5.31. The number of rotatable bonds is 5. The minimum absolute atomic E-state index is 0.0306. The SMILES string of the molecule is CCC(CC)(CN)C(=O)N1CCOCC1C(=O)NC. The molecule has 1 unspecified atom stereocenters. The lowest BCUT2D eigenvalue weighted by molar-refractivity contribution is -0.156. The summed E-state index contributed by atoms with van der Waals surface area (Å²) in [5, 5.41) is 2.58. The lowest BCUT2D eigenvalue weighted by Crippen LogP contribution is -2.59. The van der Waals surface area contributed by atoms with Gasteiger partial charge in [-0.2, -0.15) is 0 Å². The van der Waals surface area contributed by atoms with Gasteiger partial charge < -0.3 is 20.7 Å². The van der Waals surface area contributed by atoms with Crippen molar-refractivity contribution in [1.29, 1.82) is 0 Å². The van der Waals surface area contributed by atoms with E-state index in [0.717, 1.165) is 0 Å². The molecule has 1 atom stereocenters. The van der Waals surface area contributed by atoms with Crippen LogP contribution in [0, 0.1) is 5.41 Å². The molecule has 1 aliphatic heterocycles. The second-order valence-electron chi connectivity index (χ2n) is 4.90. The molecule has 3 N–H and O–H groups in total. The van der Waals surface area contributed by atoms with Crippen LogP contribution < -0.4 is 11.1 Å². The van der Waals surface area contributed by atoms with Crippen molar-refractivity contribution >= 4 is 11.8 Å². The zero-order chi connectivity index (χ0) is 14.5. The summed E-state index contributed by atoms with van der Waals surface area (Å²) in [7, 11) is 1.56. The van der Waals surface area contributed by atoms with E-state index in [9.17, 15) is 9.59 Å². The molecule has 1 aliphatic rings. The third-order valence-corrected chi connectivity index (χ3v) is 4.14. The lowest BCUT2D eigenvalue weighted by atomic mass is 9.80. The Hall–Kier alpha value is -1.14. The van der Waals surface area contributed by atoms with Gasteiger partial charge in [-0.15, -0.1) is 0 Å². The lowest BCUT2D eigenvalue weighted by Gasteiger charge is -2.40. The number of carbonyl (C=O) groups excluding carboxylic acids is 2. The highest BCUT2D eigenvalue weighted by Crippen LogP contribution is 2.29. The minimum atomic E-state index is -0.566. The van der Waals surface area contributed by atoms with Gasteiger partial charge in [-0.05, 0) is 12.8 Å². The number of ether oxygens (including phenoxy) is 1. The number of amides is 2. The number of nitrogens with one attached hydrogen (secondary N) is 1. The molecule has 0 aromatic heterocycles. The van der Waals surface area contributed by atoms with Gasteiger partial charge in [0.1, 0.15) is 6.04 Å². The van der Waals surface area contributed by atoms with E-state index in [4.69, 9.17) is 10.5 Å². The predicted molar refractivity (Wildman–Crippen MR) is 72.5 cm³/mol. The molecular weight excluding hydrogens is 246 g/mol. The molecule has 110 valence electrons. The Kier molecular flexibility index (Phi) is 5.75. The summed E-state index contributed by atoms with van der Waals surface area (Å²) in [5.74, 6) is -0.219. The van der Waals surface area contributed by atoms with Crippen LogP contribution in [0.25, 0.3) is 0 Å². The summed E-state index contributed by atoms with van der Waals surface area (Å²) in [6.45, 7) is 5.38. The zero-order valence-corrected chi connectivity index (χ0v) is 12.1. The molecule has 1 fully saturated rings. The number of hydrogen-bond acceptors (Lipinski definition) is 4. The maximum absolute atomic E-state index is 12.8. The molecule has 0 radical (unpaired) electrons. The first-order chi connectivity index (χ1) is 9.06. The largest absolute Gasteiger partial charge is 0.377 e. The van der Waals surface area contributed by atoms with E-state index < -0.39 is 11.5 Å². The van der Waals surface area contributed by atoms with Crippen LogP contribution in [0.2, 0.25) is 0 Å². The second-order valence-corrected chi connectivity index (χ2v) is 4.90. The molecule has 0 saturated carbocycles. The first-order valence-corrected chi connectivity index (χ1v) is 6.86. The fourth-order valence-electron chi connectivity index (χ4n) is 2.46. The highest BCUT2D eigenvalue weighted by molar-refractivity contribution is 5.90. The highest BCUT2D eigenvalue weighted by atomic mass is 16.5. The number of carbonyl (C=O) groups is 2. The summed E-state index contributed by atoms with van der Waals surface area (Å²) in [6.07, 6.45) is 1.35. The molecule has 6 heteroatoms. The van der Waals surface area contributed by atoms with Crippen molar-refractivity contribution in [2.45, 2.75) is 32.7 Å². The van der Waals surface area contributed by atoms with E-state index in [2.05, 4.69) is 5.32 Å². The van der Waals surface area contributed by atoms with Gasteiger partial charge in [0.25, 0.3) is 0 Å². The Morgan fingerprint density at radius 2 is 2.05 bits per heavy atom. The van der Waals surface area contributed by atoms with E-state index in [1.165, 1.54) is 0 Å². The Morgan fingerprint density at radius 1 is 1.42 bits per heavy atom. The van der Waals surface area contributed by atoms with Crippen LogP contribution in [0.5, 0.6) is 0 Å². The Morgan fingerprint density at radius 3 is 2.53 bits per heavy atom. The van der Waals surface area contributed by atoms with Gasteiger partial charge in [0.2, 0.25) is 11.8 Å². The molecular formula is C13H25N3O3. The Bertz CT molecular complexity index is 321. The van der Waals surface area contributed by atoms with Crippen LogP contribution in [0.4, 0.5) is 0 Å². The van der Waals surface area contributed by atoms with Crippen LogP contribution in [0.15, 0.2) is 0 Å². The fourth-order valence-corrected chi connectivity index (χ4v) is 2.46. The quantitative estimate of drug-likeness (QED) is 0.720. The molecule has 0 aliphatic carbocycles. The van der Waals surface area contributed by atoms with Crippen molar-refractivity contribution in [1.82, 2.24) is 10.2 Å². The summed E-state index contributed by atoms with van der Waals surface area (Å²) in [5.41, 5.74) is 5.25. The molecule has 0 aromatic carbocycles. The molecule has 0 aromatic rings. The first-order valence-electron chi connectivity index (χ1n) is 6.86. The summed E-state index contributed by atoms with van der Waals surface area (Å²) >= 11 is 0. The number of hydrogen-bond donors (Lipinski definition) is 2. The van der Waals surface area contributed by atoms with Crippen LogP contribution in [-0.4, -0.2) is 56.1 Å². The average molecular weight is 271 g/mol. The molecule has 1 saturated heterocycles. The normalized spacial score (nSPS) is 20.2. The van der Waals surface area contributed by atoms with Gasteiger partial charge in [0, 0.05) is 20.1 Å². The third kappa shape index (κ3) is 3.06. The smallest absolute Gasteiger partial charge is 0.244 e. The van der Waals surface area contributed by atoms with Crippen molar-refractivity contribution in [3.05, 3.63) is 0 Å². The third-order valence-electron chi connectivity index (χ3n) is 4.14. The van der Waals surface area contributed by atoms with Crippen molar-refractivity contribution in [3.63, 3.8) is 0 Å². The number of nitrogens with zero attached hydrogens (tertiary/aromatic N) is 1. The maximum atomic E-state index is 12.8. The van der Waals surface area contributed by atoms with E-state index >= 15 is 0 Å². The molecule has 0 bridgehead atoms. The Balaban J connectivity index is 2.96. The van der Waals surface area contributed by atoms with Gasteiger partial charge >= 0.3 is 0 Å². The van der Waals surface area contributed by atoms with Crippen LogP contribution >= 0.6 is 0 Å². The number of likely N-dealkylation sites (N-methyl/N-ethyl adjacent to an activating group) is 1. The molecule has 2 amide bonds. The van der Waals surface area contributed by atoms with Crippen LogP contribution in [-0.2, 0) is 14.3 Å². The molecule has 0 spiro atoms. The molecule has 1 rings (SSSR count). The van der Waals surface area contributed by atoms with Crippen molar-refractivity contribution in [3.8, 4) is 0 Å². The van der Waals surface area contributed by atoms with E-state index in [0.29, 0.717) is 32.5 Å². The maximum Gasteiger partial charge on any atom is 0.244 e. The summed E-state index contributed by atoms with van der Waals surface area (Å²) in [6, 6.07) is -0.546. The first kappa shape index (κ1) is 15.9. The van der Waals surface area contributed by atoms with Crippen LogP contribution in [0.1, 0.15) is 26.7 Å². The predicted octanol–water partition coefficient (Wildman–Crippen LogP) is -0.275. The standard InChI is InChI=1S/C13H25N3O3/c1-4-13(5-2,9-14)12(18)16-6-7-19-8-10(16)11(17)15-3/h10H,4-9,14H2,1-3H3,(H,15,17). The fraction of sp³-hybridized carbons (Fsp3) is 0.846. The Labute approximate surface area is 114 Å². The highest BCUT2D eigenvalue weighted by Gasteiger charge is 2.42. The van der Waals surface area contributed by atoms with Gasteiger partial charge in [-0.25, -0.2) is 0 Å². The topological polar surface area (TPSA) is 84.7 Å². The monoisotopic (exact) mass is 271 g/mol. The van der Waals surface area contributed by atoms with Gasteiger partial charge in [-0.1, -0.05) is 13.8 Å². The zero-order valence-electron chi connectivity index (χ0n) is 12.1. The van der Waals surface area contributed by atoms with Gasteiger partial charge in [0.15, 0.2) is 0 Å². The second kappa shape index (κ2) is 6.86. The molecule has 6 nitrogen and oxygen atoms in total. The van der Waals surface area contributed by atoms with Crippen molar-refractivity contribution in [2.24, 2.45) is 11.1 Å². The number of nitrogens with two attached hydrogens (primary N) is 1. The van der Waals surface area contributed by atoms with Gasteiger partial charge in [-0.3, -0.25) is 9.59 Å². The molecule has 19 heavy (non-hydrogen) atoms. The minimum Gasteiger partial charge on any atom is -0.377 e. The average Bonchev–Trinajstić information content (AvgIpc) is 2.48. The molecule has 1 heterocycles. The van der Waals surface area contributed by atoms with E-state index in [1.54, 1.807) is 11.9 Å². The van der Waals surface area contributed by atoms with E-state index in [1.807, 2.05) is 13.8 Å². The van der Waals surface area contributed by atoms with E-state index in [-0.39, 0.29) is 18.4 Å². The van der Waals surface area contributed by atoms with Crippen LogP contribution in [0.3, 0.4) is 0 Å². The number of morpholine rings is 1. The summed E-state index contributed by atoms with van der Waals surface area (Å²) in [4.78, 5) is 26.2. The van der Waals surface area contributed by atoms with Crippen molar-refractivity contribution in [2.75, 3.05) is 33.4 Å². The van der Waals surface area contributed by atoms with Gasteiger partial charge in [0.05, 0.1) is 18.6 Å².